The molecule has 1 saturated heterocycles. The molecule has 9 heteroatoms. The molecule has 0 bridgehead atoms. The van der Waals surface area contributed by atoms with E-state index in [2.05, 4.69) is 20.3 Å². The van der Waals surface area contributed by atoms with Crippen molar-refractivity contribution in [3.05, 3.63) is 59.9 Å². The zero-order valence-corrected chi connectivity index (χ0v) is 19.1. The van der Waals surface area contributed by atoms with Crippen LogP contribution in [-0.4, -0.2) is 40.8 Å². The van der Waals surface area contributed by atoms with Gasteiger partial charge in [0.2, 0.25) is 11.9 Å². The highest BCUT2D eigenvalue weighted by Crippen LogP contribution is 2.34. The number of para-hydroxylation sites is 1. The minimum Gasteiger partial charge on any atom is -0.493 e. The molecule has 1 aliphatic heterocycles. The first-order valence-corrected chi connectivity index (χ1v) is 10.8. The van der Waals surface area contributed by atoms with E-state index in [0.717, 1.165) is 17.7 Å². The minimum atomic E-state index is -0.440. The lowest BCUT2D eigenvalue weighted by Gasteiger charge is -2.20. The van der Waals surface area contributed by atoms with Crippen LogP contribution in [0.1, 0.15) is 37.7 Å². The van der Waals surface area contributed by atoms with Gasteiger partial charge in [-0.15, -0.1) is 0 Å². The van der Waals surface area contributed by atoms with Crippen molar-refractivity contribution < 1.29 is 19.0 Å². The number of carbonyl (C=O) groups is 1. The number of nitrogens with zero attached hydrogens (tertiary/aromatic N) is 4. The smallest absolute Gasteiger partial charge is 0.417 e. The number of cyclic esters (lactones) is 1. The molecule has 0 radical (unpaired) electrons. The second-order valence-electron chi connectivity index (χ2n) is 7.71. The molecule has 3 aromatic rings. The average molecular weight is 450 g/mol. The Balaban J connectivity index is 1.54. The number of methoxy groups -OCH3 is 1. The zero-order valence-electron chi connectivity index (χ0n) is 19.1. The van der Waals surface area contributed by atoms with Crippen LogP contribution >= 0.6 is 0 Å². The lowest BCUT2D eigenvalue weighted by molar-refractivity contribution is 0.178. The van der Waals surface area contributed by atoms with Crippen LogP contribution < -0.4 is 19.7 Å². The Labute approximate surface area is 192 Å². The van der Waals surface area contributed by atoms with Gasteiger partial charge in [-0.25, -0.2) is 9.69 Å². The van der Waals surface area contributed by atoms with Gasteiger partial charge in [0.15, 0.2) is 11.5 Å². The highest BCUT2D eigenvalue weighted by molar-refractivity contribution is 5.88. The van der Waals surface area contributed by atoms with Crippen molar-refractivity contribution in [2.45, 2.75) is 39.3 Å². The molecular weight excluding hydrogens is 422 g/mol. The van der Waals surface area contributed by atoms with E-state index in [1.54, 1.807) is 14.0 Å². The van der Waals surface area contributed by atoms with Crippen LogP contribution in [-0.2, 0) is 4.74 Å². The molecule has 1 amide bonds. The fourth-order valence-electron chi connectivity index (χ4n) is 3.58. The fraction of sp³-hybridized carbons (Fsp3) is 0.333. The number of anilines is 2. The number of nitrogens with one attached hydrogen (secondary N) is 1. The van der Waals surface area contributed by atoms with Gasteiger partial charge in [-0.05, 0) is 50.1 Å². The van der Waals surface area contributed by atoms with E-state index < -0.39 is 6.09 Å². The zero-order chi connectivity index (χ0) is 23.4. The van der Waals surface area contributed by atoms with Gasteiger partial charge in [0.25, 0.3) is 0 Å². The van der Waals surface area contributed by atoms with Gasteiger partial charge in [-0.3, -0.25) is 0 Å². The second kappa shape index (κ2) is 9.72. The third kappa shape index (κ3) is 4.97. The Morgan fingerprint density at radius 3 is 2.67 bits per heavy atom. The van der Waals surface area contributed by atoms with Crippen LogP contribution in [0.2, 0.25) is 0 Å². The first-order chi connectivity index (χ1) is 16.0. The van der Waals surface area contributed by atoms with E-state index in [9.17, 15) is 4.79 Å². The van der Waals surface area contributed by atoms with E-state index in [0.29, 0.717) is 29.9 Å². The number of aryl methyl sites for hydroxylation is 1. The monoisotopic (exact) mass is 449 g/mol. The van der Waals surface area contributed by atoms with Gasteiger partial charge in [0.1, 0.15) is 18.2 Å². The van der Waals surface area contributed by atoms with Gasteiger partial charge < -0.3 is 19.5 Å². The van der Waals surface area contributed by atoms with Gasteiger partial charge in [0, 0.05) is 0 Å². The SMILES string of the molecule is CC[C@H]1COC(=O)N1c1nc(C)nc(N[C@@H](C)c2ccc(Oc3ccccc3)c(OC)c2)n1. The summed E-state index contributed by atoms with van der Waals surface area (Å²) in [7, 11) is 1.61. The summed E-state index contributed by atoms with van der Waals surface area (Å²) in [4.78, 5) is 26.9. The number of rotatable bonds is 8. The molecule has 2 atom stereocenters. The van der Waals surface area contributed by atoms with Crippen molar-refractivity contribution in [1.82, 2.24) is 15.0 Å². The van der Waals surface area contributed by atoms with Crippen LogP contribution in [0.5, 0.6) is 17.2 Å². The minimum absolute atomic E-state index is 0.0917. The van der Waals surface area contributed by atoms with E-state index in [-0.39, 0.29) is 18.0 Å². The number of amides is 1. The van der Waals surface area contributed by atoms with E-state index in [1.165, 1.54) is 4.90 Å². The van der Waals surface area contributed by atoms with Crippen molar-refractivity contribution in [2.24, 2.45) is 0 Å². The van der Waals surface area contributed by atoms with Crippen molar-refractivity contribution in [2.75, 3.05) is 23.9 Å². The summed E-state index contributed by atoms with van der Waals surface area (Å²) in [6.45, 7) is 6.08. The lowest BCUT2D eigenvalue weighted by Crippen LogP contribution is -2.34. The van der Waals surface area contributed by atoms with Crippen molar-refractivity contribution in [3.8, 4) is 17.2 Å². The average Bonchev–Trinajstić information content (AvgIpc) is 3.20. The van der Waals surface area contributed by atoms with Crippen molar-refractivity contribution >= 4 is 18.0 Å². The summed E-state index contributed by atoms with van der Waals surface area (Å²) < 4.78 is 16.7. The fourth-order valence-corrected chi connectivity index (χ4v) is 3.58. The van der Waals surface area contributed by atoms with E-state index in [1.807, 2.05) is 62.4 Å². The lowest BCUT2D eigenvalue weighted by atomic mass is 10.1. The maximum atomic E-state index is 12.2. The summed E-state index contributed by atoms with van der Waals surface area (Å²) in [5, 5.41) is 3.29. The summed E-state index contributed by atoms with van der Waals surface area (Å²) >= 11 is 0. The quantitative estimate of drug-likeness (QED) is 0.519. The number of aromatic nitrogens is 3. The Kier molecular flexibility index (Phi) is 6.58. The molecule has 2 heterocycles. The first kappa shape index (κ1) is 22.3. The van der Waals surface area contributed by atoms with Crippen LogP contribution in [0.4, 0.5) is 16.7 Å². The molecule has 172 valence electrons. The molecule has 33 heavy (non-hydrogen) atoms. The number of carbonyl (C=O) groups excluding carboxylic acids is 1. The van der Waals surface area contributed by atoms with Crippen LogP contribution in [0.15, 0.2) is 48.5 Å². The maximum Gasteiger partial charge on any atom is 0.417 e. The number of hydrogen-bond donors (Lipinski definition) is 1. The molecule has 0 aliphatic carbocycles. The number of hydrogen-bond acceptors (Lipinski definition) is 8. The molecule has 0 spiro atoms. The molecular formula is C24H27N5O4. The van der Waals surface area contributed by atoms with Gasteiger partial charge >= 0.3 is 6.09 Å². The molecule has 1 aromatic heterocycles. The van der Waals surface area contributed by atoms with Gasteiger partial charge in [-0.2, -0.15) is 15.0 Å². The highest BCUT2D eigenvalue weighted by Gasteiger charge is 2.35. The molecule has 1 fully saturated rings. The molecule has 1 aliphatic rings. The topological polar surface area (TPSA) is 98.7 Å². The second-order valence-corrected chi connectivity index (χ2v) is 7.71. The van der Waals surface area contributed by atoms with E-state index in [4.69, 9.17) is 14.2 Å². The molecule has 9 nitrogen and oxygen atoms in total. The van der Waals surface area contributed by atoms with Crippen LogP contribution in [0.3, 0.4) is 0 Å². The summed E-state index contributed by atoms with van der Waals surface area (Å²) in [5.74, 6) is 3.14. The third-order valence-electron chi connectivity index (χ3n) is 5.39. The normalized spacial score (nSPS) is 16.3. The largest absolute Gasteiger partial charge is 0.493 e. The Hall–Kier alpha value is -3.88. The predicted molar refractivity (Wildman–Crippen MR) is 124 cm³/mol. The Morgan fingerprint density at radius 1 is 1.15 bits per heavy atom. The van der Waals surface area contributed by atoms with Crippen LogP contribution in [0, 0.1) is 6.92 Å². The van der Waals surface area contributed by atoms with Gasteiger partial charge in [-0.1, -0.05) is 31.2 Å². The predicted octanol–water partition coefficient (Wildman–Crippen LogP) is 4.89. The summed E-state index contributed by atoms with van der Waals surface area (Å²) in [6.07, 6.45) is 0.303. The van der Waals surface area contributed by atoms with Crippen molar-refractivity contribution in [1.29, 1.82) is 0 Å². The highest BCUT2D eigenvalue weighted by atomic mass is 16.6. The molecule has 1 N–H and O–H groups in total. The number of benzene rings is 2. The summed E-state index contributed by atoms with van der Waals surface area (Å²) in [5.41, 5.74) is 0.957. The Morgan fingerprint density at radius 2 is 1.94 bits per heavy atom. The maximum absolute atomic E-state index is 12.2. The van der Waals surface area contributed by atoms with Gasteiger partial charge in [0.05, 0.1) is 19.2 Å². The first-order valence-electron chi connectivity index (χ1n) is 10.8. The van der Waals surface area contributed by atoms with E-state index >= 15 is 0 Å². The Bertz CT molecular complexity index is 1130. The van der Waals surface area contributed by atoms with Crippen LogP contribution in [0.25, 0.3) is 0 Å². The van der Waals surface area contributed by atoms with Crippen molar-refractivity contribution in [3.63, 3.8) is 0 Å². The molecule has 0 unspecified atom stereocenters. The standard InChI is InChI=1S/C24H27N5O4/c1-5-18-14-32-24(30)29(18)23-27-16(3)26-22(28-23)25-15(2)17-11-12-20(21(13-17)31-4)33-19-9-7-6-8-10-19/h6-13,15,18H,5,14H2,1-4H3,(H,25,26,27,28)/t15-,18-/m0/s1. The molecule has 0 saturated carbocycles. The third-order valence-corrected chi connectivity index (χ3v) is 5.39. The summed E-state index contributed by atoms with van der Waals surface area (Å²) in [6, 6.07) is 15.0. The number of ether oxygens (including phenoxy) is 3. The molecule has 2 aromatic carbocycles. The molecule has 4 rings (SSSR count).